The van der Waals surface area contributed by atoms with Gasteiger partial charge in [-0.25, -0.2) is 0 Å². The van der Waals surface area contributed by atoms with Gasteiger partial charge >= 0.3 is 0 Å². The molecule has 0 unspecified atom stereocenters. The fourth-order valence-electron chi connectivity index (χ4n) is 2.31. The topological polar surface area (TPSA) is 43.4 Å². The van der Waals surface area contributed by atoms with Crippen LogP contribution in [0, 0.1) is 0 Å². The number of hydrogen-bond acceptors (Lipinski definition) is 3. The molecule has 0 atom stereocenters. The van der Waals surface area contributed by atoms with Crippen LogP contribution in [0.15, 0.2) is 35.2 Å². The molecule has 0 aliphatic heterocycles. The van der Waals surface area contributed by atoms with Crippen molar-refractivity contribution in [1.82, 2.24) is 0 Å². The number of unbranched alkanes of at least 4 members (excludes halogenated alkanes) is 4. The first-order valence-electron chi connectivity index (χ1n) is 8.08. The molecule has 3 nitrogen and oxygen atoms in total. The third kappa shape index (κ3) is 7.09. The Kier molecular flexibility index (Phi) is 8.62. The van der Waals surface area contributed by atoms with Crippen LogP contribution in [0.4, 0.5) is 0 Å². The summed E-state index contributed by atoms with van der Waals surface area (Å²) in [6.45, 7) is 4.29. The summed E-state index contributed by atoms with van der Waals surface area (Å²) in [5.41, 5.74) is 0. The highest BCUT2D eigenvalue weighted by atomic mass is 32.2. The van der Waals surface area contributed by atoms with Crippen molar-refractivity contribution in [3.63, 3.8) is 0 Å². The molecule has 0 aliphatic carbocycles. The Labute approximate surface area is 129 Å². The van der Waals surface area contributed by atoms with Crippen LogP contribution < -0.4 is 0 Å². The van der Waals surface area contributed by atoms with Gasteiger partial charge in [0.15, 0.2) is 0 Å². The summed E-state index contributed by atoms with van der Waals surface area (Å²) in [5, 5.41) is 0. The van der Waals surface area contributed by atoms with Crippen LogP contribution in [0.5, 0.6) is 0 Å². The zero-order valence-corrected chi connectivity index (χ0v) is 14.1. The van der Waals surface area contributed by atoms with E-state index in [1.807, 2.05) is 0 Å². The highest BCUT2D eigenvalue weighted by Gasteiger charge is 2.21. The van der Waals surface area contributed by atoms with Gasteiger partial charge in [-0.05, 0) is 25.0 Å². The normalized spacial score (nSPS) is 12.0. The van der Waals surface area contributed by atoms with Gasteiger partial charge in [0.05, 0.1) is 11.0 Å². The summed E-state index contributed by atoms with van der Waals surface area (Å²) in [6.07, 6.45) is 8.02. The summed E-state index contributed by atoms with van der Waals surface area (Å²) < 4.78 is 30.1. The van der Waals surface area contributed by atoms with E-state index in [0.29, 0.717) is 0 Å². The van der Waals surface area contributed by atoms with Crippen LogP contribution in [0.3, 0.4) is 0 Å². The van der Waals surface area contributed by atoms with Gasteiger partial charge in [-0.3, -0.25) is 4.18 Å². The van der Waals surface area contributed by atoms with E-state index < -0.39 is 10.1 Å². The predicted molar refractivity (Wildman–Crippen MR) is 86.8 cm³/mol. The predicted octanol–water partition coefficient (Wildman–Crippen LogP) is 4.92. The van der Waals surface area contributed by atoms with Gasteiger partial charge in [-0.15, -0.1) is 0 Å². The highest BCUT2D eigenvalue weighted by molar-refractivity contribution is 7.86. The molecule has 0 radical (unpaired) electrons. The third-order valence-corrected chi connectivity index (χ3v) is 4.93. The van der Waals surface area contributed by atoms with Gasteiger partial charge < -0.3 is 0 Å². The third-order valence-electron chi connectivity index (χ3n) is 3.55. The molecule has 0 aliphatic rings. The summed E-state index contributed by atoms with van der Waals surface area (Å²) in [6, 6.07) is 8.42. The first kappa shape index (κ1) is 18.2. The largest absolute Gasteiger partial charge is 0.297 e. The van der Waals surface area contributed by atoms with Gasteiger partial charge in [0.1, 0.15) is 0 Å². The Morgan fingerprint density at radius 2 is 1.43 bits per heavy atom. The first-order valence-corrected chi connectivity index (χ1v) is 9.49. The second-order valence-corrected chi connectivity index (χ2v) is 7.05. The van der Waals surface area contributed by atoms with E-state index in [2.05, 4.69) is 13.8 Å². The van der Waals surface area contributed by atoms with Crippen molar-refractivity contribution in [2.45, 2.75) is 76.2 Å². The van der Waals surface area contributed by atoms with Crippen LogP contribution in [0.2, 0.25) is 0 Å². The number of benzene rings is 1. The Morgan fingerprint density at radius 3 is 1.90 bits per heavy atom. The molecule has 1 rings (SSSR count). The second-order valence-electron chi connectivity index (χ2n) is 5.48. The standard InChI is InChI=1S/C17H28O3S/c1-3-5-8-12-16(13-9-6-4-2)20-21(18,19)17-14-10-7-11-15-17/h7,10-11,14-16H,3-6,8-9,12-13H2,1-2H3. The van der Waals surface area contributed by atoms with Gasteiger partial charge in [0, 0.05) is 0 Å². The van der Waals surface area contributed by atoms with Crippen LogP contribution in [0.1, 0.15) is 65.2 Å². The van der Waals surface area contributed by atoms with Crippen molar-refractivity contribution in [3.8, 4) is 0 Å². The van der Waals surface area contributed by atoms with Crippen molar-refractivity contribution in [2.75, 3.05) is 0 Å². The molecule has 0 heterocycles. The number of rotatable bonds is 11. The van der Waals surface area contributed by atoms with E-state index in [-0.39, 0.29) is 11.0 Å². The van der Waals surface area contributed by atoms with Gasteiger partial charge in [-0.2, -0.15) is 8.42 Å². The highest BCUT2D eigenvalue weighted by Crippen LogP contribution is 2.20. The monoisotopic (exact) mass is 312 g/mol. The fraction of sp³-hybridized carbons (Fsp3) is 0.647. The van der Waals surface area contributed by atoms with E-state index in [4.69, 9.17) is 4.18 Å². The van der Waals surface area contributed by atoms with Crippen molar-refractivity contribution in [1.29, 1.82) is 0 Å². The Hall–Kier alpha value is -0.870. The van der Waals surface area contributed by atoms with E-state index in [1.165, 1.54) is 0 Å². The molecule has 0 N–H and O–H groups in total. The molecule has 1 aromatic carbocycles. The van der Waals surface area contributed by atoms with Crippen molar-refractivity contribution >= 4 is 10.1 Å². The van der Waals surface area contributed by atoms with Crippen molar-refractivity contribution < 1.29 is 12.6 Å². The molecule has 4 heteroatoms. The molecule has 1 aromatic rings. The zero-order chi connectivity index (χ0) is 15.6. The maximum Gasteiger partial charge on any atom is 0.297 e. The van der Waals surface area contributed by atoms with Gasteiger partial charge in [0.25, 0.3) is 10.1 Å². The SMILES string of the molecule is CCCCCC(CCCCC)OS(=O)(=O)c1ccccc1. The maximum atomic E-state index is 12.3. The fourth-order valence-corrected chi connectivity index (χ4v) is 3.46. The smallest absolute Gasteiger partial charge is 0.263 e. The summed E-state index contributed by atoms with van der Waals surface area (Å²) in [7, 11) is -3.63. The first-order chi connectivity index (χ1) is 10.1. The van der Waals surface area contributed by atoms with Crippen molar-refractivity contribution in [3.05, 3.63) is 30.3 Å². The minimum absolute atomic E-state index is 0.187. The van der Waals surface area contributed by atoms with Crippen LogP contribution in [-0.4, -0.2) is 14.5 Å². The van der Waals surface area contributed by atoms with E-state index in [9.17, 15) is 8.42 Å². The molecular formula is C17H28O3S. The van der Waals surface area contributed by atoms with Crippen LogP contribution in [0.25, 0.3) is 0 Å². The molecule has 0 spiro atoms. The Morgan fingerprint density at radius 1 is 0.905 bits per heavy atom. The minimum atomic E-state index is -3.63. The van der Waals surface area contributed by atoms with E-state index >= 15 is 0 Å². The molecule has 0 saturated heterocycles. The molecule has 0 saturated carbocycles. The van der Waals surface area contributed by atoms with Gasteiger partial charge in [0.2, 0.25) is 0 Å². The molecule has 120 valence electrons. The van der Waals surface area contributed by atoms with Crippen molar-refractivity contribution in [2.24, 2.45) is 0 Å². The minimum Gasteiger partial charge on any atom is -0.263 e. The summed E-state index contributed by atoms with van der Waals surface area (Å²) in [4.78, 5) is 0.251. The lowest BCUT2D eigenvalue weighted by Crippen LogP contribution is -2.19. The quantitative estimate of drug-likeness (QED) is 0.430. The Bertz CT molecular complexity index is 458. The number of hydrogen-bond donors (Lipinski definition) is 0. The summed E-state index contributed by atoms with van der Waals surface area (Å²) >= 11 is 0. The Balaban J connectivity index is 2.64. The zero-order valence-electron chi connectivity index (χ0n) is 13.3. The maximum absolute atomic E-state index is 12.3. The molecule has 0 amide bonds. The molecule has 21 heavy (non-hydrogen) atoms. The molecule has 0 aromatic heterocycles. The van der Waals surface area contributed by atoms with E-state index in [1.54, 1.807) is 30.3 Å². The molecule has 0 bridgehead atoms. The summed E-state index contributed by atoms with van der Waals surface area (Å²) in [5.74, 6) is 0. The second kappa shape index (κ2) is 9.96. The van der Waals surface area contributed by atoms with E-state index in [0.717, 1.165) is 51.4 Å². The molecule has 0 fully saturated rings. The van der Waals surface area contributed by atoms with Gasteiger partial charge in [-0.1, -0.05) is 70.6 Å². The average molecular weight is 312 g/mol. The molecular weight excluding hydrogens is 284 g/mol. The lowest BCUT2D eigenvalue weighted by molar-refractivity contribution is 0.180. The lowest BCUT2D eigenvalue weighted by Gasteiger charge is -2.17. The van der Waals surface area contributed by atoms with Crippen LogP contribution >= 0.6 is 0 Å². The average Bonchev–Trinajstić information content (AvgIpc) is 2.48. The lowest BCUT2D eigenvalue weighted by atomic mass is 10.0. The van der Waals surface area contributed by atoms with Crippen LogP contribution in [-0.2, 0) is 14.3 Å².